The van der Waals surface area contributed by atoms with Gasteiger partial charge in [-0.3, -0.25) is 4.98 Å². The Morgan fingerprint density at radius 2 is 2.26 bits per heavy atom. The zero-order valence-corrected chi connectivity index (χ0v) is 11.4. The van der Waals surface area contributed by atoms with Crippen LogP contribution in [0.3, 0.4) is 0 Å². The van der Waals surface area contributed by atoms with E-state index in [-0.39, 0.29) is 0 Å². The quantitative estimate of drug-likeness (QED) is 0.825. The van der Waals surface area contributed by atoms with Crippen LogP contribution in [0, 0.1) is 0 Å². The normalized spacial score (nSPS) is 10.9. The highest BCUT2D eigenvalue weighted by atomic mass is 16.5. The molecule has 0 spiro atoms. The van der Waals surface area contributed by atoms with Gasteiger partial charge in [0.2, 0.25) is 0 Å². The Bertz CT molecular complexity index is 465. The Hall–Kier alpha value is -1.88. The van der Waals surface area contributed by atoms with Crippen molar-refractivity contribution in [1.82, 2.24) is 19.9 Å². The zero-order valence-electron chi connectivity index (χ0n) is 11.4. The number of nitrogens with one attached hydrogen (secondary N) is 1. The second kappa shape index (κ2) is 6.89. The summed E-state index contributed by atoms with van der Waals surface area (Å²) in [6.07, 6.45) is 7.23. The molecule has 2 heterocycles. The van der Waals surface area contributed by atoms with E-state index in [0.29, 0.717) is 12.6 Å². The van der Waals surface area contributed by atoms with Crippen LogP contribution < -0.4 is 10.1 Å². The van der Waals surface area contributed by atoms with Gasteiger partial charge in [0.05, 0.1) is 24.8 Å². The largest absolute Gasteiger partial charge is 0.490 e. The minimum Gasteiger partial charge on any atom is -0.490 e. The SMILES string of the molecule is CC(C)NCc1ccc(OCCn2ccnc2)cn1. The van der Waals surface area contributed by atoms with Crippen LogP contribution in [0.2, 0.25) is 0 Å². The van der Waals surface area contributed by atoms with Gasteiger partial charge in [0.15, 0.2) is 0 Å². The van der Waals surface area contributed by atoms with Crippen LogP contribution in [0.15, 0.2) is 37.1 Å². The fourth-order valence-electron chi connectivity index (χ4n) is 1.60. The Kier molecular flexibility index (Phi) is 4.92. The number of pyridine rings is 1. The van der Waals surface area contributed by atoms with Crippen LogP contribution >= 0.6 is 0 Å². The fraction of sp³-hybridized carbons (Fsp3) is 0.429. The number of rotatable bonds is 7. The van der Waals surface area contributed by atoms with Gasteiger partial charge in [-0.15, -0.1) is 0 Å². The second-order valence-electron chi connectivity index (χ2n) is 4.67. The second-order valence-corrected chi connectivity index (χ2v) is 4.67. The monoisotopic (exact) mass is 260 g/mol. The molecule has 19 heavy (non-hydrogen) atoms. The minimum absolute atomic E-state index is 0.466. The molecular weight excluding hydrogens is 240 g/mol. The van der Waals surface area contributed by atoms with Crippen molar-refractivity contribution in [3.05, 3.63) is 42.7 Å². The third-order valence-corrected chi connectivity index (χ3v) is 2.67. The van der Waals surface area contributed by atoms with E-state index in [4.69, 9.17) is 4.74 Å². The molecule has 2 aromatic rings. The number of hydrogen-bond donors (Lipinski definition) is 1. The fourth-order valence-corrected chi connectivity index (χ4v) is 1.60. The highest BCUT2D eigenvalue weighted by Crippen LogP contribution is 2.09. The molecule has 0 aliphatic carbocycles. The molecule has 0 amide bonds. The number of ether oxygens (including phenoxy) is 1. The van der Waals surface area contributed by atoms with E-state index < -0.39 is 0 Å². The maximum absolute atomic E-state index is 5.63. The first-order chi connectivity index (χ1) is 9.24. The summed E-state index contributed by atoms with van der Waals surface area (Å²) < 4.78 is 7.61. The summed E-state index contributed by atoms with van der Waals surface area (Å²) >= 11 is 0. The summed E-state index contributed by atoms with van der Waals surface area (Å²) in [6.45, 7) is 6.42. The molecule has 5 heteroatoms. The lowest BCUT2D eigenvalue weighted by Crippen LogP contribution is -2.22. The first-order valence-electron chi connectivity index (χ1n) is 6.51. The lowest BCUT2D eigenvalue weighted by molar-refractivity contribution is 0.297. The van der Waals surface area contributed by atoms with Crippen molar-refractivity contribution in [2.75, 3.05) is 6.61 Å². The lowest BCUT2D eigenvalue weighted by atomic mass is 10.3. The molecule has 0 fully saturated rings. The smallest absolute Gasteiger partial charge is 0.137 e. The van der Waals surface area contributed by atoms with E-state index >= 15 is 0 Å². The highest BCUT2D eigenvalue weighted by Gasteiger charge is 1.99. The first-order valence-corrected chi connectivity index (χ1v) is 6.51. The minimum atomic E-state index is 0.466. The molecule has 0 unspecified atom stereocenters. The molecule has 0 bridgehead atoms. The molecule has 102 valence electrons. The van der Waals surface area contributed by atoms with Gasteiger partial charge >= 0.3 is 0 Å². The van der Waals surface area contributed by atoms with Gasteiger partial charge in [0.1, 0.15) is 12.4 Å². The van der Waals surface area contributed by atoms with Crippen LogP contribution in [0.4, 0.5) is 0 Å². The van der Waals surface area contributed by atoms with Crippen molar-refractivity contribution in [3.63, 3.8) is 0 Å². The van der Waals surface area contributed by atoms with Gasteiger partial charge in [0, 0.05) is 25.0 Å². The first kappa shape index (κ1) is 13.5. The number of imidazole rings is 1. The van der Waals surface area contributed by atoms with Gasteiger partial charge in [-0.05, 0) is 12.1 Å². The summed E-state index contributed by atoms with van der Waals surface area (Å²) in [7, 11) is 0. The molecule has 5 nitrogen and oxygen atoms in total. The zero-order chi connectivity index (χ0) is 13.5. The van der Waals surface area contributed by atoms with Crippen molar-refractivity contribution < 1.29 is 4.74 Å². The van der Waals surface area contributed by atoms with Crippen LogP contribution in [0.5, 0.6) is 5.75 Å². The van der Waals surface area contributed by atoms with E-state index in [1.165, 1.54) is 0 Å². The van der Waals surface area contributed by atoms with E-state index in [1.807, 2.05) is 22.9 Å². The number of nitrogens with zero attached hydrogens (tertiary/aromatic N) is 3. The molecule has 2 aromatic heterocycles. The van der Waals surface area contributed by atoms with Crippen molar-refractivity contribution in [2.24, 2.45) is 0 Å². The maximum Gasteiger partial charge on any atom is 0.137 e. The molecular formula is C14H20N4O. The van der Waals surface area contributed by atoms with E-state index in [0.717, 1.165) is 24.5 Å². The molecule has 0 atom stereocenters. The summed E-state index contributed by atoms with van der Waals surface area (Å²) in [5.41, 5.74) is 1.02. The highest BCUT2D eigenvalue weighted by molar-refractivity contribution is 5.19. The molecule has 0 aliphatic rings. The Labute approximate surface area is 113 Å². The van der Waals surface area contributed by atoms with E-state index in [1.54, 1.807) is 18.7 Å². The summed E-state index contributed by atoms with van der Waals surface area (Å²) in [4.78, 5) is 8.34. The molecule has 0 radical (unpaired) electrons. The van der Waals surface area contributed by atoms with Gasteiger partial charge < -0.3 is 14.6 Å². The third kappa shape index (κ3) is 4.71. The summed E-state index contributed by atoms with van der Waals surface area (Å²) in [5.74, 6) is 0.799. The predicted octanol–water partition coefficient (Wildman–Crippen LogP) is 1.86. The molecule has 2 rings (SSSR count). The van der Waals surface area contributed by atoms with Crippen molar-refractivity contribution in [3.8, 4) is 5.75 Å². The lowest BCUT2D eigenvalue weighted by Gasteiger charge is -2.09. The average Bonchev–Trinajstić information content (AvgIpc) is 2.91. The van der Waals surface area contributed by atoms with Crippen LogP contribution in [-0.4, -0.2) is 27.2 Å². The van der Waals surface area contributed by atoms with Gasteiger partial charge in [-0.1, -0.05) is 13.8 Å². The molecule has 0 saturated carbocycles. The predicted molar refractivity (Wildman–Crippen MR) is 73.9 cm³/mol. The third-order valence-electron chi connectivity index (χ3n) is 2.67. The number of hydrogen-bond acceptors (Lipinski definition) is 4. The van der Waals surface area contributed by atoms with Gasteiger partial charge in [-0.2, -0.15) is 0 Å². The van der Waals surface area contributed by atoms with Crippen molar-refractivity contribution >= 4 is 0 Å². The van der Waals surface area contributed by atoms with E-state index in [9.17, 15) is 0 Å². The summed E-state index contributed by atoms with van der Waals surface area (Å²) in [6, 6.07) is 4.41. The van der Waals surface area contributed by atoms with Gasteiger partial charge in [0.25, 0.3) is 0 Å². The average molecular weight is 260 g/mol. The Morgan fingerprint density at radius 3 is 2.89 bits per heavy atom. The summed E-state index contributed by atoms with van der Waals surface area (Å²) in [5, 5.41) is 3.33. The molecule has 0 saturated heterocycles. The molecule has 0 aliphatic heterocycles. The van der Waals surface area contributed by atoms with E-state index in [2.05, 4.69) is 29.1 Å². The number of aromatic nitrogens is 3. The van der Waals surface area contributed by atoms with Crippen LogP contribution in [-0.2, 0) is 13.1 Å². The molecule has 1 N–H and O–H groups in total. The topological polar surface area (TPSA) is 52.0 Å². The maximum atomic E-state index is 5.63. The molecule has 0 aromatic carbocycles. The Balaban J connectivity index is 1.75. The van der Waals surface area contributed by atoms with Gasteiger partial charge in [-0.25, -0.2) is 4.98 Å². The standard InChI is InChI=1S/C14H20N4O/c1-12(2)16-9-13-3-4-14(10-17-13)19-8-7-18-6-5-15-11-18/h3-6,10-12,16H,7-9H2,1-2H3. The van der Waals surface area contributed by atoms with Crippen LogP contribution in [0.25, 0.3) is 0 Å². The van der Waals surface area contributed by atoms with Crippen molar-refractivity contribution in [2.45, 2.75) is 33.0 Å². The van der Waals surface area contributed by atoms with Crippen molar-refractivity contribution in [1.29, 1.82) is 0 Å². The van der Waals surface area contributed by atoms with Crippen LogP contribution in [0.1, 0.15) is 19.5 Å². The Morgan fingerprint density at radius 1 is 1.37 bits per heavy atom.